The molecule has 0 saturated carbocycles. The summed E-state index contributed by atoms with van der Waals surface area (Å²) >= 11 is 15.0. The minimum absolute atomic E-state index is 0.0101. The van der Waals surface area contributed by atoms with Crippen molar-refractivity contribution in [3.8, 4) is 0 Å². The van der Waals surface area contributed by atoms with Crippen LogP contribution in [0, 0.1) is 0 Å². The monoisotopic (exact) mass is 539 g/mol. The third kappa shape index (κ3) is 6.37. The molecule has 0 saturated heterocycles. The van der Waals surface area contributed by atoms with Gasteiger partial charge in [-0.05, 0) is 53.2 Å². The molecule has 0 atom stereocenters. The lowest BCUT2D eigenvalue weighted by molar-refractivity contribution is -0.140. The van der Waals surface area contributed by atoms with Crippen LogP contribution in [0.4, 0.5) is 20.9 Å². The van der Waals surface area contributed by atoms with Gasteiger partial charge < -0.3 is 9.64 Å². The quantitative estimate of drug-likeness (QED) is 0.172. The molecule has 0 fully saturated rings. The highest BCUT2D eigenvalue weighted by Gasteiger charge is 2.23. The number of ether oxygens (including phenoxy) is 1. The van der Waals surface area contributed by atoms with E-state index in [4.69, 9.17) is 27.9 Å². The molecule has 0 aliphatic rings. The van der Waals surface area contributed by atoms with Gasteiger partial charge in [0.1, 0.15) is 17.2 Å². The molecule has 12 heteroatoms. The number of likely N-dealkylation sites (N-methyl/N-ethyl adjacent to an activating group) is 1. The van der Waals surface area contributed by atoms with Gasteiger partial charge in [-0.15, -0.1) is 9.00 Å². The standard InChI is InChI=1S/C18H17BrCl2FN3O4S/c1-3-25(8-9-29-11(2)26)13-6-4-12(5-7-13)23-24-18-14(20)10-15(30(22,27)28)17(21)16(18)19/h4-7,10H,3,8-9H2,1-2H3. The average molecular weight is 541 g/mol. The Morgan fingerprint density at radius 1 is 1.23 bits per heavy atom. The van der Waals surface area contributed by atoms with Crippen molar-refractivity contribution >= 4 is 72.4 Å². The zero-order chi connectivity index (χ0) is 22.5. The Labute approximate surface area is 192 Å². The van der Waals surface area contributed by atoms with Crippen molar-refractivity contribution in [2.75, 3.05) is 24.6 Å². The average Bonchev–Trinajstić information content (AvgIpc) is 2.67. The molecule has 0 radical (unpaired) electrons. The summed E-state index contributed by atoms with van der Waals surface area (Å²) in [6.07, 6.45) is 0. The molecule has 0 unspecified atom stereocenters. The number of esters is 1. The summed E-state index contributed by atoms with van der Waals surface area (Å²) in [7, 11) is -5.04. The number of carbonyl (C=O) groups is 1. The first kappa shape index (κ1) is 24.5. The van der Waals surface area contributed by atoms with Crippen molar-refractivity contribution in [2.24, 2.45) is 10.2 Å². The Kier molecular flexibility index (Phi) is 8.60. The van der Waals surface area contributed by atoms with Gasteiger partial charge in [-0.2, -0.15) is 13.5 Å². The van der Waals surface area contributed by atoms with Crippen LogP contribution in [0.3, 0.4) is 0 Å². The summed E-state index contributed by atoms with van der Waals surface area (Å²) in [6, 6.07) is 7.97. The van der Waals surface area contributed by atoms with Gasteiger partial charge in [0.05, 0.1) is 26.8 Å². The van der Waals surface area contributed by atoms with E-state index in [0.717, 1.165) is 11.8 Å². The smallest absolute Gasteiger partial charge is 0.333 e. The second-order valence-corrected chi connectivity index (χ2v) is 8.80. The van der Waals surface area contributed by atoms with Gasteiger partial charge >= 0.3 is 16.2 Å². The highest BCUT2D eigenvalue weighted by atomic mass is 79.9. The van der Waals surface area contributed by atoms with E-state index in [1.807, 2.05) is 24.0 Å². The summed E-state index contributed by atoms with van der Waals surface area (Å²) < 4.78 is 40.6. The fourth-order valence-electron chi connectivity index (χ4n) is 2.44. The fraction of sp³-hybridized carbons (Fsp3) is 0.278. The Morgan fingerprint density at radius 2 is 1.87 bits per heavy atom. The first-order valence-corrected chi connectivity index (χ1v) is 11.5. The van der Waals surface area contributed by atoms with Gasteiger partial charge in [-0.1, -0.05) is 23.2 Å². The van der Waals surface area contributed by atoms with Crippen LogP contribution in [0.2, 0.25) is 10.0 Å². The van der Waals surface area contributed by atoms with Crippen molar-refractivity contribution in [3.63, 3.8) is 0 Å². The van der Waals surface area contributed by atoms with Crippen molar-refractivity contribution < 1.29 is 21.8 Å². The number of halogens is 4. The highest BCUT2D eigenvalue weighted by molar-refractivity contribution is 9.10. The lowest BCUT2D eigenvalue weighted by Gasteiger charge is -2.22. The lowest BCUT2D eigenvalue weighted by Crippen LogP contribution is -2.27. The molecule has 0 spiro atoms. The van der Waals surface area contributed by atoms with Gasteiger partial charge in [0.15, 0.2) is 0 Å². The van der Waals surface area contributed by atoms with E-state index in [1.165, 1.54) is 6.92 Å². The zero-order valence-electron chi connectivity index (χ0n) is 15.9. The minimum atomic E-state index is -5.04. The van der Waals surface area contributed by atoms with Crippen LogP contribution in [-0.2, 0) is 19.8 Å². The van der Waals surface area contributed by atoms with Crippen LogP contribution in [0.25, 0.3) is 0 Å². The van der Waals surface area contributed by atoms with Crippen LogP contribution >= 0.6 is 39.1 Å². The Morgan fingerprint density at radius 3 is 2.40 bits per heavy atom. The maximum Gasteiger partial charge on any atom is 0.333 e. The van der Waals surface area contributed by atoms with Gasteiger partial charge in [0.25, 0.3) is 0 Å². The van der Waals surface area contributed by atoms with E-state index in [1.54, 1.807) is 12.1 Å². The maximum absolute atomic E-state index is 13.3. The molecule has 2 rings (SSSR count). The second kappa shape index (κ2) is 10.5. The first-order chi connectivity index (χ1) is 14.0. The molecule has 162 valence electrons. The molecular weight excluding hydrogens is 524 g/mol. The molecule has 0 aliphatic heterocycles. The summed E-state index contributed by atoms with van der Waals surface area (Å²) in [4.78, 5) is 12.2. The largest absolute Gasteiger partial charge is 0.464 e. The van der Waals surface area contributed by atoms with Crippen LogP contribution in [0.1, 0.15) is 13.8 Å². The number of azo groups is 1. The number of benzene rings is 2. The summed E-state index contributed by atoms with van der Waals surface area (Å²) in [5, 5.41) is 7.55. The maximum atomic E-state index is 13.3. The van der Waals surface area contributed by atoms with Gasteiger partial charge in [0.2, 0.25) is 0 Å². The lowest BCUT2D eigenvalue weighted by atomic mass is 10.2. The van der Waals surface area contributed by atoms with Crippen molar-refractivity contribution in [1.82, 2.24) is 0 Å². The normalized spacial score (nSPS) is 11.7. The van der Waals surface area contributed by atoms with Gasteiger partial charge in [0, 0.05) is 19.2 Å². The molecule has 2 aromatic carbocycles. The molecule has 0 heterocycles. The van der Waals surface area contributed by atoms with E-state index in [2.05, 4.69) is 26.2 Å². The topological polar surface area (TPSA) is 88.4 Å². The van der Waals surface area contributed by atoms with Crippen molar-refractivity contribution in [1.29, 1.82) is 0 Å². The second-order valence-electron chi connectivity index (χ2n) is 5.91. The molecule has 0 amide bonds. The van der Waals surface area contributed by atoms with E-state index in [9.17, 15) is 17.1 Å². The van der Waals surface area contributed by atoms with Crippen molar-refractivity contribution in [2.45, 2.75) is 18.7 Å². The van der Waals surface area contributed by atoms with Crippen LogP contribution in [-0.4, -0.2) is 34.1 Å². The fourth-order valence-corrected chi connectivity index (χ4v) is 4.49. The van der Waals surface area contributed by atoms with Crippen LogP contribution in [0.5, 0.6) is 0 Å². The summed E-state index contributed by atoms with van der Waals surface area (Å²) in [5.74, 6) is -0.330. The van der Waals surface area contributed by atoms with E-state index < -0.39 is 15.1 Å². The van der Waals surface area contributed by atoms with Gasteiger partial charge in [-0.3, -0.25) is 4.79 Å². The summed E-state index contributed by atoms with van der Waals surface area (Å²) in [5.41, 5.74) is 1.47. The number of nitrogens with zero attached hydrogens (tertiary/aromatic N) is 3. The highest BCUT2D eigenvalue weighted by Crippen LogP contribution is 2.43. The Hall–Kier alpha value is -1.75. The molecule has 0 bridgehead atoms. The number of carbonyl (C=O) groups excluding carboxylic acids is 1. The number of hydrogen-bond acceptors (Lipinski definition) is 7. The van der Waals surface area contributed by atoms with E-state index >= 15 is 0 Å². The first-order valence-electron chi connectivity index (χ1n) is 8.56. The molecular formula is C18H17BrCl2FN3O4S. The predicted octanol–water partition coefficient (Wildman–Crippen LogP) is 6.22. The third-order valence-electron chi connectivity index (χ3n) is 3.89. The van der Waals surface area contributed by atoms with Gasteiger partial charge in [-0.25, -0.2) is 0 Å². The number of anilines is 1. The molecule has 7 nitrogen and oxygen atoms in total. The molecule has 0 aliphatic carbocycles. The van der Waals surface area contributed by atoms with E-state index in [-0.39, 0.29) is 32.8 Å². The van der Waals surface area contributed by atoms with E-state index in [0.29, 0.717) is 18.8 Å². The SMILES string of the molecule is CCN(CCOC(C)=O)c1ccc(N=Nc2c(Cl)cc(S(=O)(=O)F)c(Cl)c2Br)cc1. The zero-order valence-corrected chi connectivity index (χ0v) is 19.8. The van der Waals surface area contributed by atoms with Crippen LogP contribution in [0.15, 0.2) is 49.9 Å². The molecule has 2 aromatic rings. The number of hydrogen-bond donors (Lipinski definition) is 0. The Balaban J connectivity index is 2.21. The van der Waals surface area contributed by atoms with Crippen LogP contribution < -0.4 is 4.90 Å². The predicted molar refractivity (Wildman–Crippen MR) is 118 cm³/mol. The number of rotatable bonds is 8. The molecule has 0 N–H and O–H groups in total. The minimum Gasteiger partial charge on any atom is -0.464 e. The third-order valence-corrected chi connectivity index (χ3v) is 6.53. The molecule has 30 heavy (non-hydrogen) atoms. The summed E-state index contributed by atoms with van der Waals surface area (Å²) in [6.45, 7) is 4.88. The molecule has 0 aromatic heterocycles. The Bertz CT molecular complexity index is 1070. The van der Waals surface area contributed by atoms with Crippen molar-refractivity contribution in [3.05, 3.63) is 44.8 Å².